The normalized spacial score (nSPS) is 17.9. The van der Waals surface area contributed by atoms with Crippen molar-refractivity contribution in [2.75, 3.05) is 18.5 Å². The molecule has 1 amide bonds. The van der Waals surface area contributed by atoms with E-state index in [9.17, 15) is 4.79 Å². The van der Waals surface area contributed by atoms with Crippen molar-refractivity contribution in [2.24, 2.45) is 0 Å². The third kappa shape index (κ3) is 5.96. The molecule has 1 heterocycles. The van der Waals surface area contributed by atoms with Gasteiger partial charge in [-0.2, -0.15) is 0 Å². The molecule has 1 saturated heterocycles. The van der Waals surface area contributed by atoms with Gasteiger partial charge >= 0.3 is 0 Å². The van der Waals surface area contributed by atoms with E-state index in [1.54, 1.807) is 43.3 Å². The first kappa shape index (κ1) is 19.7. The molecule has 2 atom stereocenters. The van der Waals surface area contributed by atoms with E-state index in [1.807, 2.05) is 12.1 Å². The SMILES string of the molecule is CC(OCC1CCCCO1)C(=O)Nc1ccc(Oc2ccccc2Cl)cc1. The van der Waals surface area contributed by atoms with Crippen LogP contribution in [0.25, 0.3) is 0 Å². The largest absolute Gasteiger partial charge is 0.456 e. The van der Waals surface area contributed by atoms with E-state index in [2.05, 4.69) is 5.32 Å². The van der Waals surface area contributed by atoms with Crippen LogP contribution in [-0.4, -0.2) is 31.3 Å². The van der Waals surface area contributed by atoms with Gasteiger partial charge in [0, 0.05) is 12.3 Å². The van der Waals surface area contributed by atoms with Gasteiger partial charge in [0.25, 0.3) is 5.91 Å². The monoisotopic (exact) mass is 389 g/mol. The number of anilines is 1. The number of carbonyl (C=O) groups is 1. The minimum Gasteiger partial charge on any atom is -0.456 e. The van der Waals surface area contributed by atoms with Crippen LogP contribution in [0.15, 0.2) is 48.5 Å². The van der Waals surface area contributed by atoms with E-state index in [0.717, 1.165) is 25.9 Å². The highest BCUT2D eigenvalue weighted by atomic mass is 35.5. The molecule has 6 heteroatoms. The highest BCUT2D eigenvalue weighted by Crippen LogP contribution is 2.29. The zero-order valence-electron chi connectivity index (χ0n) is 15.3. The molecule has 0 aromatic heterocycles. The lowest BCUT2D eigenvalue weighted by Gasteiger charge is -2.23. The average molecular weight is 390 g/mol. The van der Waals surface area contributed by atoms with Crippen LogP contribution in [0.5, 0.6) is 11.5 Å². The molecule has 0 aliphatic carbocycles. The Morgan fingerprint density at radius 3 is 2.70 bits per heavy atom. The number of nitrogens with one attached hydrogen (secondary N) is 1. The van der Waals surface area contributed by atoms with Crippen LogP contribution in [-0.2, 0) is 14.3 Å². The number of benzene rings is 2. The Hall–Kier alpha value is -2.08. The molecule has 1 aliphatic heterocycles. The number of ether oxygens (including phenoxy) is 3. The van der Waals surface area contributed by atoms with Crippen LogP contribution < -0.4 is 10.1 Å². The maximum absolute atomic E-state index is 12.3. The topological polar surface area (TPSA) is 56.8 Å². The van der Waals surface area contributed by atoms with Crippen LogP contribution in [0, 0.1) is 0 Å². The molecule has 3 rings (SSSR count). The summed E-state index contributed by atoms with van der Waals surface area (Å²) in [5.74, 6) is 1.04. The summed E-state index contributed by atoms with van der Waals surface area (Å²) in [6, 6.07) is 14.4. The first-order valence-electron chi connectivity index (χ1n) is 9.18. The van der Waals surface area contributed by atoms with Gasteiger partial charge in [-0.05, 0) is 62.6 Å². The molecular weight excluding hydrogens is 366 g/mol. The number of hydrogen-bond acceptors (Lipinski definition) is 4. The Morgan fingerprint density at radius 2 is 2.00 bits per heavy atom. The predicted octanol–water partition coefficient (Wildman–Crippen LogP) is 5.05. The molecule has 27 heavy (non-hydrogen) atoms. The zero-order chi connectivity index (χ0) is 19.1. The summed E-state index contributed by atoms with van der Waals surface area (Å²) < 4.78 is 17.0. The van der Waals surface area contributed by atoms with E-state index in [1.165, 1.54) is 0 Å². The first-order valence-corrected chi connectivity index (χ1v) is 9.56. The predicted molar refractivity (Wildman–Crippen MR) is 106 cm³/mol. The summed E-state index contributed by atoms with van der Waals surface area (Å²) >= 11 is 6.09. The summed E-state index contributed by atoms with van der Waals surface area (Å²) in [5.41, 5.74) is 0.677. The van der Waals surface area contributed by atoms with E-state index in [0.29, 0.717) is 28.8 Å². The van der Waals surface area contributed by atoms with Crippen molar-refractivity contribution in [1.29, 1.82) is 0 Å². The van der Waals surface area contributed by atoms with Gasteiger partial charge in [-0.3, -0.25) is 4.79 Å². The van der Waals surface area contributed by atoms with Gasteiger partial charge in [0.2, 0.25) is 0 Å². The van der Waals surface area contributed by atoms with Crippen molar-refractivity contribution in [3.63, 3.8) is 0 Å². The molecule has 2 aromatic carbocycles. The lowest BCUT2D eigenvalue weighted by atomic mass is 10.1. The van der Waals surface area contributed by atoms with Crippen molar-refractivity contribution >= 4 is 23.2 Å². The lowest BCUT2D eigenvalue weighted by molar-refractivity contribution is -0.130. The second kappa shape index (κ2) is 9.74. The molecule has 0 spiro atoms. The van der Waals surface area contributed by atoms with Gasteiger partial charge in [0.15, 0.2) is 0 Å². The summed E-state index contributed by atoms with van der Waals surface area (Å²) in [6.07, 6.45) is 2.78. The van der Waals surface area contributed by atoms with Crippen molar-refractivity contribution in [3.8, 4) is 11.5 Å². The molecule has 5 nitrogen and oxygen atoms in total. The number of halogens is 1. The Balaban J connectivity index is 1.48. The number of hydrogen-bond donors (Lipinski definition) is 1. The molecule has 2 aromatic rings. The fraction of sp³-hybridized carbons (Fsp3) is 0.381. The number of amides is 1. The average Bonchev–Trinajstić information content (AvgIpc) is 2.70. The van der Waals surface area contributed by atoms with Crippen molar-refractivity contribution < 1.29 is 19.0 Å². The van der Waals surface area contributed by atoms with Gasteiger partial charge in [-0.25, -0.2) is 0 Å². The fourth-order valence-corrected chi connectivity index (χ4v) is 2.95. The Bertz CT molecular complexity index is 744. The summed E-state index contributed by atoms with van der Waals surface area (Å²) in [4.78, 5) is 12.3. The molecule has 2 unspecified atom stereocenters. The van der Waals surface area contributed by atoms with E-state index < -0.39 is 6.10 Å². The van der Waals surface area contributed by atoms with Crippen LogP contribution in [0.2, 0.25) is 5.02 Å². The van der Waals surface area contributed by atoms with E-state index in [-0.39, 0.29) is 12.0 Å². The number of rotatable bonds is 7. The minimum atomic E-state index is -0.547. The second-order valence-electron chi connectivity index (χ2n) is 6.51. The summed E-state index contributed by atoms with van der Waals surface area (Å²) in [7, 11) is 0. The van der Waals surface area contributed by atoms with Crippen LogP contribution in [0.1, 0.15) is 26.2 Å². The molecule has 0 bridgehead atoms. The minimum absolute atomic E-state index is 0.0928. The van der Waals surface area contributed by atoms with Crippen molar-refractivity contribution in [1.82, 2.24) is 0 Å². The molecular formula is C21H24ClNO4. The van der Waals surface area contributed by atoms with Crippen LogP contribution in [0.3, 0.4) is 0 Å². The van der Waals surface area contributed by atoms with Crippen molar-refractivity contribution in [3.05, 3.63) is 53.6 Å². The molecule has 0 saturated carbocycles. The van der Waals surface area contributed by atoms with Crippen LogP contribution >= 0.6 is 11.6 Å². The Kier molecular flexibility index (Phi) is 7.10. The maximum atomic E-state index is 12.3. The highest BCUT2D eigenvalue weighted by molar-refractivity contribution is 6.32. The molecule has 1 aliphatic rings. The Morgan fingerprint density at radius 1 is 1.22 bits per heavy atom. The van der Waals surface area contributed by atoms with Crippen LogP contribution in [0.4, 0.5) is 5.69 Å². The smallest absolute Gasteiger partial charge is 0.253 e. The summed E-state index contributed by atoms with van der Waals surface area (Å²) in [5, 5.41) is 3.39. The van der Waals surface area contributed by atoms with Gasteiger partial charge in [0.05, 0.1) is 17.7 Å². The van der Waals surface area contributed by atoms with Gasteiger partial charge in [-0.1, -0.05) is 23.7 Å². The number of carbonyl (C=O) groups excluding carboxylic acids is 1. The summed E-state index contributed by atoms with van der Waals surface area (Å²) in [6.45, 7) is 2.96. The maximum Gasteiger partial charge on any atom is 0.253 e. The standard InChI is InChI=1S/C21H24ClNO4/c1-15(26-14-18-6-4-5-13-25-18)21(24)23-16-9-11-17(12-10-16)27-20-8-3-2-7-19(20)22/h2-3,7-12,15,18H,4-6,13-14H2,1H3,(H,23,24). The van der Waals surface area contributed by atoms with Gasteiger partial charge in [0.1, 0.15) is 17.6 Å². The van der Waals surface area contributed by atoms with Gasteiger partial charge < -0.3 is 19.5 Å². The van der Waals surface area contributed by atoms with Crippen molar-refractivity contribution in [2.45, 2.75) is 38.4 Å². The van der Waals surface area contributed by atoms with Gasteiger partial charge in [-0.15, -0.1) is 0 Å². The van der Waals surface area contributed by atoms with E-state index in [4.69, 9.17) is 25.8 Å². The fourth-order valence-electron chi connectivity index (χ4n) is 2.77. The number of para-hydroxylation sites is 1. The van der Waals surface area contributed by atoms with E-state index >= 15 is 0 Å². The Labute approximate surface area is 164 Å². The lowest BCUT2D eigenvalue weighted by Crippen LogP contribution is -2.32. The zero-order valence-corrected chi connectivity index (χ0v) is 16.1. The highest BCUT2D eigenvalue weighted by Gasteiger charge is 2.19. The second-order valence-corrected chi connectivity index (χ2v) is 6.92. The third-order valence-corrected chi connectivity index (χ3v) is 4.67. The molecule has 0 radical (unpaired) electrons. The first-order chi connectivity index (χ1) is 13.1. The quantitative estimate of drug-likeness (QED) is 0.720. The third-order valence-electron chi connectivity index (χ3n) is 4.36. The molecule has 144 valence electrons. The molecule has 1 N–H and O–H groups in total. The molecule has 1 fully saturated rings.